The van der Waals surface area contributed by atoms with Crippen molar-refractivity contribution >= 4 is 17.7 Å². The molecule has 0 bridgehead atoms. The lowest BCUT2D eigenvalue weighted by atomic mass is 10.1. The minimum absolute atomic E-state index is 0.403. The third-order valence-corrected chi connectivity index (χ3v) is 4.44. The van der Waals surface area contributed by atoms with Crippen LogP contribution in [0.25, 0.3) is 0 Å². The maximum Gasteiger partial charge on any atom is 0.274 e. The second kappa shape index (κ2) is 8.01. The molecule has 0 aliphatic rings. The summed E-state index contributed by atoms with van der Waals surface area (Å²) in [5.74, 6) is 0.698. The van der Waals surface area contributed by atoms with Crippen LogP contribution in [0.1, 0.15) is 45.4 Å². The van der Waals surface area contributed by atoms with Gasteiger partial charge in [-0.05, 0) is 12.2 Å². The fourth-order valence-corrected chi connectivity index (χ4v) is 2.96. The van der Waals surface area contributed by atoms with Gasteiger partial charge in [0.1, 0.15) is 0 Å². The molecular weight excluding hydrogens is 207 g/mol. The van der Waals surface area contributed by atoms with Gasteiger partial charge in [-0.1, -0.05) is 39.0 Å². The van der Waals surface area contributed by atoms with E-state index in [1.807, 2.05) is 0 Å². The fraction of sp³-hybridized carbons (Fsp3) is 1.00. The van der Waals surface area contributed by atoms with Gasteiger partial charge in [0.05, 0.1) is 0 Å². The molecule has 0 saturated carbocycles. The summed E-state index contributed by atoms with van der Waals surface area (Å²) in [4.78, 5) is 26.0. The molecule has 3 N–H and O–H groups in total. The molecule has 0 rings (SSSR count). The van der Waals surface area contributed by atoms with Gasteiger partial charge in [0.2, 0.25) is 0 Å². The molecule has 3 nitrogen and oxygen atoms in total. The highest BCUT2D eigenvalue weighted by atomic mass is 32.5. The fourth-order valence-electron chi connectivity index (χ4n) is 1.10. The summed E-state index contributed by atoms with van der Waals surface area (Å²) in [7, 11) is 0.403. The van der Waals surface area contributed by atoms with Gasteiger partial charge in [-0.2, -0.15) is 0 Å². The van der Waals surface area contributed by atoms with Crippen molar-refractivity contribution in [2.75, 3.05) is 5.75 Å². The van der Waals surface area contributed by atoms with E-state index in [9.17, 15) is 0 Å². The molecule has 82 valence electrons. The van der Waals surface area contributed by atoms with E-state index in [-0.39, 0.29) is 0 Å². The van der Waals surface area contributed by atoms with E-state index in [4.69, 9.17) is 14.7 Å². The Bertz CT molecular complexity index is 159. The predicted molar refractivity (Wildman–Crippen MR) is 60.6 cm³/mol. The highest BCUT2D eigenvalue weighted by Gasteiger charge is 1.98. The van der Waals surface area contributed by atoms with Crippen molar-refractivity contribution in [2.45, 2.75) is 45.4 Å². The van der Waals surface area contributed by atoms with E-state index in [1.165, 1.54) is 25.7 Å². The van der Waals surface area contributed by atoms with Crippen LogP contribution in [0.4, 0.5) is 0 Å². The molecule has 0 atom stereocenters. The molecule has 0 amide bonds. The molecule has 0 aliphatic carbocycles. The molecule has 0 radical (unpaired) electrons. The lowest BCUT2D eigenvalue weighted by Crippen LogP contribution is -1.86. The zero-order valence-corrected chi connectivity index (χ0v) is 9.97. The lowest BCUT2D eigenvalue weighted by Gasteiger charge is -2.02. The molecule has 0 spiro atoms. The second-order valence-electron chi connectivity index (χ2n) is 3.17. The summed E-state index contributed by atoms with van der Waals surface area (Å²) < 4.78 is 0. The first-order chi connectivity index (χ1) is 6.06. The Balaban J connectivity index is 3.18. The molecule has 0 heterocycles. The minimum Gasteiger partial charge on any atom is -0.329 e. The van der Waals surface area contributed by atoms with Crippen LogP contribution in [0.2, 0.25) is 0 Å². The van der Waals surface area contributed by atoms with Crippen molar-refractivity contribution in [1.82, 2.24) is 0 Å². The van der Waals surface area contributed by atoms with Crippen LogP contribution in [0.15, 0.2) is 0 Å². The average molecular weight is 228 g/mol. The van der Waals surface area contributed by atoms with Crippen molar-refractivity contribution in [2.24, 2.45) is 0 Å². The maximum absolute atomic E-state index is 8.67. The van der Waals surface area contributed by atoms with Crippen molar-refractivity contribution in [3.63, 3.8) is 0 Å². The van der Waals surface area contributed by atoms with Crippen LogP contribution in [-0.4, -0.2) is 20.4 Å². The number of rotatable bonds is 7. The first-order valence-corrected chi connectivity index (χ1v) is 8.26. The highest BCUT2D eigenvalue weighted by Crippen LogP contribution is 2.31. The minimum atomic E-state index is -3.50. The summed E-state index contributed by atoms with van der Waals surface area (Å²) in [5.41, 5.74) is 0. The molecular formula is C8H21O3PS. The Morgan fingerprint density at radius 1 is 0.923 bits per heavy atom. The molecule has 13 heavy (non-hydrogen) atoms. The third-order valence-electron chi connectivity index (χ3n) is 1.80. The molecule has 0 fully saturated rings. The Morgan fingerprint density at radius 3 is 2.00 bits per heavy atom. The van der Waals surface area contributed by atoms with Gasteiger partial charge in [-0.25, -0.2) is 0 Å². The van der Waals surface area contributed by atoms with Crippen molar-refractivity contribution < 1.29 is 14.7 Å². The molecule has 0 aromatic rings. The van der Waals surface area contributed by atoms with Gasteiger partial charge >= 0.3 is 0 Å². The van der Waals surface area contributed by atoms with Gasteiger partial charge in [-0.15, -0.1) is 10.9 Å². The second-order valence-corrected chi connectivity index (χ2v) is 7.43. The van der Waals surface area contributed by atoms with Crippen molar-refractivity contribution in [1.29, 1.82) is 0 Å². The van der Waals surface area contributed by atoms with Crippen LogP contribution in [0.5, 0.6) is 0 Å². The monoisotopic (exact) mass is 228 g/mol. The van der Waals surface area contributed by atoms with Gasteiger partial charge in [0.25, 0.3) is 6.72 Å². The first-order valence-electron chi connectivity index (χ1n) is 4.82. The number of hydrogen-bond donors (Lipinski definition) is 4. The van der Waals surface area contributed by atoms with E-state index in [2.05, 4.69) is 6.92 Å². The van der Waals surface area contributed by atoms with Gasteiger partial charge in [0.15, 0.2) is 0 Å². The Hall–Kier alpha value is 0.660. The predicted octanol–water partition coefficient (Wildman–Crippen LogP) is 1.82. The van der Waals surface area contributed by atoms with Crippen LogP contribution >= 0.6 is 6.72 Å². The van der Waals surface area contributed by atoms with Crippen LogP contribution in [-0.2, 0) is 10.9 Å². The zero-order valence-electron chi connectivity index (χ0n) is 8.19. The standard InChI is InChI=1S/C8H21O3PS/c1-2-3-4-5-6-7-8-13-12(9,10)11/h9-11,13H,2-8H2,1H3. The van der Waals surface area contributed by atoms with Crippen LogP contribution < -0.4 is 0 Å². The smallest absolute Gasteiger partial charge is 0.274 e. The molecule has 0 aromatic carbocycles. The summed E-state index contributed by atoms with van der Waals surface area (Å²) in [6, 6.07) is 0. The van der Waals surface area contributed by atoms with Crippen LogP contribution in [0.3, 0.4) is 0 Å². The van der Waals surface area contributed by atoms with E-state index in [1.54, 1.807) is 0 Å². The van der Waals surface area contributed by atoms with E-state index in [0.29, 0.717) is 16.7 Å². The van der Waals surface area contributed by atoms with Gasteiger partial charge in [-0.3, -0.25) is 0 Å². The quantitative estimate of drug-likeness (QED) is 0.305. The largest absolute Gasteiger partial charge is 0.329 e. The van der Waals surface area contributed by atoms with Crippen molar-refractivity contribution in [3.05, 3.63) is 0 Å². The lowest BCUT2D eigenvalue weighted by molar-refractivity contribution is 0.363. The molecule has 0 saturated heterocycles. The van der Waals surface area contributed by atoms with Crippen molar-refractivity contribution in [3.8, 4) is 0 Å². The molecule has 0 aliphatic heterocycles. The van der Waals surface area contributed by atoms with E-state index in [0.717, 1.165) is 12.8 Å². The summed E-state index contributed by atoms with van der Waals surface area (Å²) in [6.45, 7) is -1.32. The summed E-state index contributed by atoms with van der Waals surface area (Å²) in [6.07, 6.45) is 7.13. The number of unbranched alkanes of at least 4 members (excludes halogenated alkanes) is 5. The normalized spacial score (nSPS) is 12.0. The number of thiol groups is 1. The third kappa shape index (κ3) is 12.7. The SMILES string of the molecule is CCCCCCCC[SH]=P(O)(O)O. The van der Waals surface area contributed by atoms with Gasteiger partial charge in [0, 0.05) is 0 Å². The zero-order chi connectivity index (χ0) is 10.2. The Kier molecular flexibility index (Phi) is 8.42. The Labute approximate surface area is 84.0 Å². The number of hydrogen-bond acceptors (Lipinski definition) is 0. The topological polar surface area (TPSA) is 60.7 Å². The Morgan fingerprint density at radius 2 is 1.46 bits per heavy atom. The summed E-state index contributed by atoms with van der Waals surface area (Å²) >= 11 is 0. The molecule has 0 unspecified atom stereocenters. The first kappa shape index (κ1) is 13.7. The molecule has 0 aromatic heterocycles. The van der Waals surface area contributed by atoms with E-state index < -0.39 is 6.72 Å². The van der Waals surface area contributed by atoms with E-state index >= 15 is 0 Å². The highest BCUT2D eigenvalue weighted by molar-refractivity contribution is 8.16. The summed E-state index contributed by atoms with van der Waals surface area (Å²) in [5, 5.41) is 0. The average Bonchev–Trinajstić information content (AvgIpc) is 2.01. The van der Waals surface area contributed by atoms with Crippen LogP contribution in [0, 0.1) is 0 Å². The molecule has 5 heteroatoms. The van der Waals surface area contributed by atoms with Gasteiger partial charge < -0.3 is 14.7 Å². The maximum atomic E-state index is 8.67.